The molecule has 0 amide bonds. The van der Waals surface area contributed by atoms with Crippen molar-refractivity contribution in [3.05, 3.63) is 0 Å². The van der Waals surface area contributed by atoms with Gasteiger partial charge in [0.1, 0.15) is 0 Å². The maximum absolute atomic E-state index is 3.75. The predicted molar refractivity (Wildman–Crippen MR) is 66.9 cm³/mol. The lowest BCUT2D eigenvalue weighted by Crippen LogP contribution is -2.44. The van der Waals surface area contributed by atoms with Crippen LogP contribution in [0.15, 0.2) is 0 Å². The first-order valence-corrected chi connectivity index (χ1v) is 7.20. The summed E-state index contributed by atoms with van der Waals surface area (Å²) in [5, 5.41) is 4.50. The number of rotatable bonds is 4. The third kappa shape index (κ3) is 3.47. The first kappa shape index (κ1) is 12.4. The molecule has 0 spiro atoms. The van der Waals surface area contributed by atoms with E-state index in [0.717, 1.165) is 23.1 Å². The van der Waals surface area contributed by atoms with Crippen LogP contribution in [0, 0.1) is 11.8 Å². The summed E-state index contributed by atoms with van der Waals surface area (Å²) in [6.45, 7) is 8.27. The third-order valence-corrected chi connectivity index (χ3v) is 4.56. The van der Waals surface area contributed by atoms with Crippen molar-refractivity contribution in [3.63, 3.8) is 0 Å². The Labute approximate surface area is 93.4 Å². The van der Waals surface area contributed by atoms with Crippen molar-refractivity contribution in [1.82, 2.24) is 5.32 Å². The zero-order valence-electron chi connectivity index (χ0n) is 10.0. The van der Waals surface area contributed by atoms with Crippen LogP contribution >= 0.6 is 11.8 Å². The van der Waals surface area contributed by atoms with E-state index in [9.17, 15) is 0 Å². The van der Waals surface area contributed by atoms with Gasteiger partial charge in [0.15, 0.2) is 0 Å². The Kier molecular flexibility index (Phi) is 5.32. The highest BCUT2D eigenvalue weighted by atomic mass is 32.2. The molecule has 1 rings (SSSR count). The van der Waals surface area contributed by atoms with Crippen molar-refractivity contribution in [1.29, 1.82) is 0 Å². The number of hydrogen-bond donors (Lipinski definition) is 1. The molecule has 0 bridgehead atoms. The smallest absolute Gasteiger partial charge is 0.0141 e. The van der Waals surface area contributed by atoms with Crippen LogP contribution in [0.25, 0.3) is 0 Å². The molecule has 84 valence electrons. The summed E-state index contributed by atoms with van der Waals surface area (Å²) >= 11 is 1.95. The van der Waals surface area contributed by atoms with Crippen LogP contribution in [-0.2, 0) is 0 Å². The van der Waals surface area contributed by atoms with Gasteiger partial charge in [-0.05, 0) is 30.9 Å². The fraction of sp³-hybridized carbons (Fsp3) is 1.00. The highest BCUT2D eigenvalue weighted by Gasteiger charge is 2.27. The van der Waals surface area contributed by atoms with Gasteiger partial charge in [0.2, 0.25) is 0 Å². The Hall–Kier alpha value is 0.310. The lowest BCUT2D eigenvalue weighted by molar-refractivity contribution is 0.210. The van der Waals surface area contributed by atoms with E-state index >= 15 is 0 Å². The van der Waals surface area contributed by atoms with Gasteiger partial charge < -0.3 is 5.32 Å². The van der Waals surface area contributed by atoms with Crippen molar-refractivity contribution in [2.24, 2.45) is 11.8 Å². The lowest BCUT2D eigenvalue weighted by Gasteiger charge is -2.36. The SMILES string of the molecule is CSC(C)CNC1C(C)CCCC1C. The number of hydrogen-bond acceptors (Lipinski definition) is 2. The molecule has 1 nitrogen and oxygen atoms in total. The molecule has 0 aromatic heterocycles. The second-order valence-electron chi connectivity index (χ2n) is 4.87. The summed E-state index contributed by atoms with van der Waals surface area (Å²) in [6, 6.07) is 0.762. The second-order valence-corrected chi connectivity index (χ2v) is 6.14. The molecule has 0 saturated heterocycles. The fourth-order valence-electron chi connectivity index (χ4n) is 2.47. The third-order valence-electron chi connectivity index (χ3n) is 3.59. The highest BCUT2D eigenvalue weighted by molar-refractivity contribution is 7.99. The van der Waals surface area contributed by atoms with E-state index in [1.54, 1.807) is 0 Å². The zero-order valence-corrected chi connectivity index (χ0v) is 10.9. The largest absolute Gasteiger partial charge is 0.312 e. The average molecular weight is 215 g/mol. The van der Waals surface area contributed by atoms with Gasteiger partial charge in [-0.15, -0.1) is 0 Å². The van der Waals surface area contributed by atoms with E-state index in [-0.39, 0.29) is 0 Å². The van der Waals surface area contributed by atoms with Crippen LogP contribution in [0.3, 0.4) is 0 Å². The summed E-state index contributed by atoms with van der Waals surface area (Å²) in [5.41, 5.74) is 0. The Morgan fingerprint density at radius 3 is 2.36 bits per heavy atom. The molecule has 14 heavy (non-hydrogen) atoms. The zero-order chi connectivity index (χ0) is 10.6. The molecule has 0 heterocycles. The molecule has 0 aliphatic heterocycles. The normalized spacial score (nSPS) is 35.6. The summed E-state index contributed by atoms with van der Waals surface area (Å²) in [5.74, 6) is 1.74. The molecule has 0 radical (unpaired) electrons. The van der Waals surface area contributed by atoms with E-state index in [2.05, 4.69) is 32.3 Å². The first-order valence-electron chi connectivity index (χ1n) is 5.91. The summed E-state index contributed by atoms with van der Waals surface area (Å²) in [4.78, 5) is 0. The topological polar surface area (TPSA) is 12.0 Å². The first-order chi connectivity index (χ1) is 6.65. The van der Waals surface area contributed by atoms with Crippen molar-refractivity contribution in [3.8, 4) is 0 Å². The van der Waals surface area contributed by atoms with Crippen molar-refractivity contribution >= 4 is 11.8 Å². The Morgan fingerprint density at radius 1 is 1.29 bits per heavy atom. The molecule has 1 fully saturated rings. The van der Waals surface area contributed by atoms with Crippen molar-refractivity contribution in [2.75, 3.05) is 12.8 Å². The molecule has 1 aliphatic rings. The minimum absolute atomic E-state index is 0.747. The summed E-state index contributed by atoms with van der Waals surface area (Å²) in [7, 11) is 0. The summed E-state index contributed by atoms with van der Waals surface area (Å²) < 4.78 is 0. The van der Waals surface area contributed by atoms with Crippen LogP contribution in [0.5, 0.6) is 0 Å². The van der Waals surface area contributed by atoms with E-state index < -0.39 is 0 Å². The van der Waals surface area contributed by atoms with E-state index in [1.807, 2.05) is 11.8 Å². The second kappa shape index (κ2) is 6.02. The highest BCUT2D eigenvalue weighted by Crippen LogP contribution is 2.28. The number of thioether (sulfide) groups is 1. The van der Waals surface area contributed by atoms with Crippen LogP contribution in [0.4, 0.5) is 0 Å². The van der Waals surface area contributed by atoms with E-state index in [0.29, 0.717) is 0 Å². The number of nitrogens with one attached hydrogen (secondary N) is 1. The van der Waals surface area contributed by atoms with Gasteiger partial charge >= 0.3 is 0 Å². The maximum atomic E-state index is 3.75. The van der Waals surface area contributed by atoms with Gasteiger partial charge in [-0.1, -0.05) is 27.2 Å². The molecular weight excluding hydrogens is 190 g/mol. The van der Waals surface area contributed by atoms with Gasteiger partial charge in [0.25, 0.3) is 0 Å². The van der Waals surface area contributed by atoms with Crippen LogP contribution in [0.1, 0.15) is 40.0 Å². The standard InChI is InChI=1S/C12H25NS/c1-9-6-5-7-10(2)12(9)13-8-11(3)14-4/h9-13H,5-8H2,1-4H3. The molecule has 1 N–H and O–H groups in total. The maximum Gasteiger partial charge on any atom is 0.0141 e. The van der Waals surface area contributed by atoms with Crippen LogP contribution < -0.4 is 5.32 Å². The van der Waals surface area contributed by atoms with Gasteiger partial charge in [-0.3, -0.25) is 0 Å². The Morgan fingerprint density at radius 2 is 1.86 bits per heavy atom. The summed E-state index contributed by atoms with van der Waals surface area (Å²) in [6.07, 6.45) is 6.45. The average Bonchev–Trinajstić information content (AvgIpc) is 2.16. The van der Waals surface area contributed by atoms with Gasteiger partial charge in [-0.2, -0.15) is 11.8 Å². The molecule has 1 aliphatic carbocycles. The Balaban J connectivity index is 2.32. The molecule has 0 aromatic rings. The van der Waals surface area contributed by atoms with E-state index in [4.69, 9.17) is 0 Å². The van der Waals surface area contributed by atoms with Crippen molar-refractivity contribution in [2.45, 2.75) is 51.3 Å². The predicted octanol–water partition coefficient (Wildman–Crippen LogP) is 3.15. The van der Waals surface area contributed by atoms with Crippen molar-refractivity contribution < 1.29 is 0 Å². The minimum Gasteiger partial charge on any atom is -0.312 e. The monoisotopic (exact) mass is 215 g/mol. The van der Waals surface area contributed by atoms with E-state index in [1.165, 1.54) is 25.8 Å². The molecular formula is C12H25NS. The molecule has 0 aromatic carbocycles. The molecule has 1 saturated carbocycles. The fourth-order valence-corrected chi connectivity index (χ4v) is 2.73. The van der Waals surface area contributed by atoms with Gasteiger partial charge in [0.05, 0.1) is 0 Å². The molecule has 2 heteroatoms. The van der Waals surface area contributed by atoms with Crippen LogP contribution in [-0.4, -0.2) is 24.1 Å². The quantitative estimate of drug-likeness (QED) is 0.773. The molecule has 3 unspecified atom stereocenters. The lowest BCUT2D eigenvalue weighted by atomic mass is 9.79. The van der Waals surface area contributed by atoms with Crippen LogP contribution in [0.2, 0.25) is 0 Å². The minimum atomic E-state index is 0.747. The van der Waals surface area contributed by atoms with Gasteiger partial charge in [0, 0.05) is 17.8 Å². The Bertz CT molecular complexity index is 150. The molecule has 3 atom stereocenters. The van der Waals surface area contributed by atoms with Gasteiger partial charge in [-0.25, -0.2) is 0 Å².